The highest BCUT2D eigenvalue weighted by atomic mass is 16.8. The van der Waals surface area contributed by atoms with Gasteiger partial charge in [-0.25, -0.2) is 0 Å². The van der Waals surface area contributed by atoms with Crippen molar-refractivity contribution in [2.45, 2.75) is 247 Å². The van der Waals surface area contributed by atoms with Crippen molar-refractivity contribution in [3.8, 4) is 0 Å². The lowest BCUT2D eigenvalue weighted by Gasteiger charge is -2.71. The molecule has 450 valence electrons. The van der Waals surface area contributed by atoms with E-state index >= 15 is 0 Å². The number of fused-ring (bicyclic) bond motifs is 5. The minimum Gasteiger partial charge on any atom is -0.394 e. The molecule has 8 rings (SSSR count). The summed E-state index contributed by atoms with van der Waals surface area (Å²) in [7, 11) is 0. The first kappa shape index (κ1) is 62.5. The van der Waals surface area contributed by atoms with Crippen LogP contribution in [0.3, 0.4) is 0 Å². The van der Waals surface area contributed by atoms with Crippen molar-refractivity contribution in [3.63, 3.8) is 0 Å². The fourth-order valence-corrected chi connectivity index (χ4v) is 16.2. The van der Waals surface area contributed by atoms with Gasteiger partial charge in [0.05, 0.1) is 44.2 Å². The zero-order valence-corrected chi connectivity index (χ0v) is 45.8. The Labute approximate surface area is 454 Å². The molecular weight excluding hydrogens is 1030 g/mol. The maximum absolute atomic E-state index is 13.3. The summed E-state index contributed by atoms with van der Waals surface area (Å²) in [6, 6.07) is 0. The second kappa shape index (κ2) is 23.5. The van der Waals surface area contributed by atoms with E-state index in [2.05, 4.69) is 41.2 Å². The maximum atomic E-state index is 13.3. The molecule has 24 heteroatoms. The van der Waals surface area contributed by atoms with Gasteiger partial charge in [0.25, 0.3) is 0 Å². The highest BCUT2D eigenvalue weighted by molar-refractivity contribution is 5.94. The number of carbonyl (C=O) groups is 1. The van der Waals surface area contributed by atoms with Gasteiger partial charge < -0.3 is 114 Å². The molecule has 78 heavy (non-hydrogen) atoms. The van der Waals surface area contributed by atoms with Crippen LogP contribution in [0.5, 0.6) is 0 Å². The largest absolute Gasteiger partial charge is 0.394 e. The third-order valence-electron chi connectivity index (χ3n) is 21.0. The number of ether oxygens (including phenoxy) is 8. The van der Waals surface area contributed by atoms with Crippen LogP contribution in [0, 0.1) is 45.3 Å². The van der Waals surface area contributed by atoms with E-state index in [1.54, 1.807) is 6.92 Å². The Morgan fingerprint density at radius 2 is 1.08 bits per heavy atom. The van der Waals surface area contributed by atoms with Crippen LogP contribution < -0.4 is 0 Å². The Balaban J connectivity index is 1.02. The Bertz CT molecular complexity index is 2070. The molecule has 24 nitrogen and oxygen atoms in total. The molecule has 4 aliphatic carbocycles. The minimum atomic E-state index is -1.83. The topological polar surface area (TPSA) is 394 Å². The fourth-order valence-electron chi connectivity index (χ4n) is 16.2. The molecule has 8 aliphatic rings. The van der Waals surface area contributed by atoms with Crippen LogP contribution in [0.4, 0.5) is 0 Å². The van der Waals surface area contributed by atoms with E-state index in [1.807, 2.05) is 6.92 Å². The number of aliphatic hydroxyl groups excluding tert-OH is 15. The molecule has 4 aliphatic heterocycles. The van der Waals surface area contributed by atoms with Crippen LogP contribution in [-0.4, -0.2) is 249 Å². The van der Waals surface area contributed by atoms with Gasteiger partial charge in [-0.05, 0) is 116 Å². The molecule has 4 heterocycles. The zero-order chi connectivity index (χ0) is 57.5. The highest BCUT2D eigenvalue weighted by Gasteiger charge is 2.72. The first-order chi connectivity index (χ1) is 36.5. The number of hydrogen-bond donors (Lipinski definition) is 15. The van der Waals surface area contributed by atoms with E-state index in [9.17, 15) is 81.4 Å². The van der Waals surface area contributed by atoms with Gasteiger partial charge >= 0.3 is 0 Å². The lowest BCUT2D eigenvalue weighted by atomic mass is 9.35. The van der Waals surface area contributed by atoms with Crippen LogP contribution in [0.1, 0.15) is 106 Å². The van der Waals surface area contributed by atoms with E-state index < -0.39 is 190 Å². The molecule has 30 atom stereocenters. The van der Waals surface area contributed by atoms with Gasteiger partial charge in [0.15, 0.2) is 30.9 Å². The summed E-state index contributed by atoms with van der Waals surface area (Å²) in [6.45, 7) is 15.6. The molecule has 0 amide bonds. The lowest BCUT2D eigenvalue weighted by Crippen LogP contribution is -2.68. The fraction of sp³-hybridized carbons (Fsp3) is 0.944. The van der Waals surface area contributed by atoms with E-state index in [1.165, 1.54) is 0 Å². The Morgan fingerprint density at radius 3 is 1.65 bits per heavy atom. The third kappa shape index (κ3) is 10.7. The Kier molecular flexibility index (Phi) is 18.8. The predicted molar refractivity (Wildman–Crippen MR) is 267 cm³/mol. The average Bonchev–Trinajstić information content (AvgIpc) is 3.91. The summed E-state index contributed by atoms with van der Waals surface area (Å²) in [5.74, 6) is -1.09. The molecule has 0 unspecified atom stereocenters. The van der Waals surface area contributed by atoms with E-state index in [4.69, 9.17) is 37.9 Å². The first-order valence-electron chi connectivity index (χ1n) is 27.9. The van der Waals surface area contributed by atoms with Gasteiger partial charge in [0.1, 0.15) is 97.7 Å². The molecule has 0 aromatic carbocycles. The summed E-state index contributed by atoms with van der Waals surface area (Å²) in [5, 5.41) is 162. The van der Waals surface area contributed by atoms with Gasteiger partial charge in [0, 0.05) is 6.42 Å². The summed E-state index contributed by atoms with van der Waals surface area (Å²) in [5.41, 5.74) is -2.85. The smallest absolute Gasteiger partial charge is 0.187 e. The number of Topliss-reactive ketones (excluding diaryl/α,β-unsaturated/α-hetero) is 1. The summed E-state index contributed by atoms with van der Waals surface area (Å²) in [6.07, 6.45) is -29.6. The molecule has 0 aromatic heterocycles. The normalized spacial score (nSPS) is 52.1. The zero-order valence-electron chi connectivity index (χ0n) is 45.8. The third-order valence-corrected chi connectivity index (χ3v) is 21.0. The molecule has 4 saturated carbocycles. The summed E-state index contributed by atoms with van der Waals surface area (Å²) in [4.78, 5) is 13.3. The van der Waals surface area contributed by atoms with Crippen molar-refractivity contribution < 1.29 is 119 Å². The second-order valence-corrected chi connectivity index (χ2v) is 25.6. The molecule has 0 bridgehead atoms. The molecule has 15 N–H and O–H groups in total. The van der Waals surface area contributed by atoms with Gasteiger partial charge in [-0.15, -0.1) is 0 Å². The molecule has 0 radical (unpaired) electrons. The van der Waals surface area contributed by atoms with E-state index in [0.29, 0.717) is 37.7 Å². The molecule has 0 spiro atoms. The standard InChI is InChI=1S/C54H90O24/c1-22(2)24(58)10-16-54(8,78-48-44(70)40(66)37(63)29(75-48)21-71-46-42(68)38(64)34(60)26(18-55)72-46)23-9-14-53(7)33(23)25(59)17-31-51(5)13-12-32(50(3,4)30(51)11-15-52(31,53)6)76-49-45(41(67)36(62)28(20-57)74-49)77-47-43(69)39(65)35(61)27(19-56)73-47/h23,25-49,55-57,59-70H,1,9-21H2,2-8H3/t23-,25+,26+,27+,28+,29+,30+,31-,32-,33-,34+,35+,36+,37+,38-,39-,40-,41-,42+,43+,44+,45+,46+,47-,48-,49-,51-,52+,53+,54-/m0/s1. The van der Waals surface area contributed by atoms with Crippen molar-refractivity contribution in [1.82, 2.24) is 0 Å². The Hall–Kier alpha value is -1.51. The quantitative estimate of drug-likeness (QED) is 0.0509. The minimum absolute atomic E-state index is 0.00460. The first-order valence-corrected chi connectivity index (χ1v) is 27.9. The number of allylic oxidation sites excluding steroid dienone is 1. The number of hydrogen-bond acceptors (Lipinski definition) is 24. The van der Waals surface area contributed by atoms with Crippen molar-refractivity contribution in [3.05, 3.63) is 12.2 Å². The molecular formula is C54H90O24. The van der Waals surface area contributed by atoms with Crippen molar-refractivity contribution in [1.29, 1.82) is 0 Å². The number of carbonyl (C=O) groups excluding carboxylic acids is 1. The van der Waals surface area contributed by atoms with Crippen LogP contribution in [0.15, 0.2) is 12.2 Å². The summed E-state index contributed by atoms with van der Waals surface area (Å²) < 4.78 is 48.6. The maximum Gasteiger partial charge on any atom is 0.187 e. The van der Waals surface area contributed by atoms with Gasteiger partial charge in [-0.3, -0.25) is 4.79 Å². The number of ketones is 1. The predicted octanol–water partition coefficient (Wildman–Crippen LogP) is -3.02. The van der Waals surface area contributed by atoms with Crippen LogP contribution in [0.2, 0.25) is 0 Å². The average molecular weight is 1120 g/mol. The Morgan fingerprint density at radius 1 is 0.577 bits per heavy atom. The highest BCUT2D eigenvalue weighted by Crippen LogP contribution is 2.76. The SMILES string of the molecule is C=C(C)C(=O)CC[C@](C)(O[C@@H]1O[C@H](CO[C@@H]2O[C@H](CO)[C@@H](O)[C@H](O)[C@H]2O)[C@@H](O)[C@H](O)[C@H]1O)[C@H]1CC[C@]2(C)[C@@H]1[C@H](O)C[C@H]1[C@@]3(C)CC[C@H](O[C@@H]4O[C@H](CO)[C@@H](O)[C@H](O)[C@H]4O[C@@H]4O[C@H](CO)[C@@H](O)[C@H](O)[C@H]4O)C(C)(C)[C@H]3CC[C@]12C. The lowest BCUT2D eigenvalue weighted by molar-refractivity contribution is -0.378. The van der Waals surface area contributed by atoms with E-state index in [-0.39, 0.29) is 41.3 Å². The monoisotopic (exact) mass is 1120 g/mol. The van der Waals surface area contributed by atoms with Crippen LogP contribution in [0.25, 0.3) is 0 Å². The van der Waals surface area contributed by atoms with Gasteiger partial charge in [0.2, 0.25) is 0 Å². The number of rotatable bonds is 17. The van der Waals surface area contributed by atoms with Crippen molar-refractivity contribution >= 4 is 5.78 Å². The van der Waals surface area contributed by atoms with Crippen LogP contribution >= 0.6 is 0 Å². The molecule has 8 fully saturated rings. The number of aliphatic hydroxyl groups is 15. The van der Waals surface area contributed by atoms with Gasteiger partial charge in [-0.2, -0.15) is 0 Å². The molecule has 4 saturated heterocycles. The van der Waals surface area contributed by atoms with Crippen molar-refractivity contribution in [2.75, 3.05) is 26.4 Å². The van der Waals surface area contributed by atoms with E-state index in [0.717, 1.165) is 12.8 Å². The van der Waals surface area contributed by atoms with Gasteiger partial charge in [-0.1, -0.05) is 41.2 Å². The van der Waals surface area contributed by atoms with Crippen LogP contribution in [-0.2, 0) is 42.7 Å². The molecule has 0 aromatic rings. The second-order valence-electron chi connectivity index (χ2n) is 25.6. The summed E-state index contributed by atoms with van der Waals surface area (Å²) >= 11 is 0. The van der Waals surface area contributed by atoms with Crippen molar-refractivity contribution in [2.24, 2.45) is 45.3 Å².